The van der Waals surface area contributed by atoms with E-state index in [2.05, 4.69) is 13.5 Å². The monoisotopic (exact) mass is 251 g/mol. The van der Waals surface area contributed by atoms with Crippen molar-refractivity contribution in [3.05, 3.63) is 47.1 Å². The van der Waals surface area contributed by atoms with Gasteiger partial charge in [-0.2, -0.15) is 0 Å². The van der Waals surface area contributed by atoms with E-state index >= 15 is 0 Å². The van der Waals surface area contributed by atoms with Gasteiger partial charge in [-0.3, -0.25) is 4.79 Å². The highest BCUT2D eigenvalue weighted by Gasteiger charge is 2.11. The molecule has 0 amide bonds. The van der Waals surface area contributed by atoms with Crippen LogP contribution < -0.4 is 0 Å². The highest BCUT2D eigenvalue weighted by molar-refractivity contribution is 6.31. The van der Waals surface area contributed by atoms with Gasteiger partial charge in [0.25, 0.3) is 0 Å². The molecule has 0 aliphatic rings. The molecule has 0 saturated heterocycles. The van der Waals surface area contributed by atoms with E-state index in [0.717, 1.165) is 18.7 Å². The standard InChI is InChI=1S/C14H18ClNO/c1-4-8-16(11(2)3)10-14(17)12-6-5-7-13(15)9-12/h5-7,9H,2,4,8,10H2,1,3H3. The molecular formula is C14H18ClNO. The molecule has 0 atom stereocenters. The molecular weight excluding hydrogens is 234 g/mol. The van der Waals surface area contributed by atoms with Crippen LogP contribution in [0.1, 0.15) is 30.6 Å². The summed E-state index contributed by atoms with van der Waals surface area (Å²) in [6.45, 7) is 9.10. The largest absolute Gasteiger partial charge is 0.368 e. The Labute approximate surface area is 108 Å². The predicted molar refractivity (Wildman–Crippen MR) is 72.5 cm³/mol. The lowest BCUT2D eigenvalue weighted by atomic mass is 10.1. The Hall–Kier alpha value is -1.28. The summed E-state index contributed by atoms with van der Waals surface area (Å²) in [6.07, 6.45) is 0.996. The van der Waals surface area contributed by atoms with Gasteiger partial charge in [-0.25, -0.2) is 0 Å². The SMILES string of the molecule is C=C(C)N(CCC)CC(=O)c1cccc(Cl)c1. The van der Waals surface area contributed by atoms with Crippen LogP contribution in [-0.2, 0) is 0 Å². The molecule has 17 heavy (non-hydrogen) atoms. The average Bonchev–Trinajstić information content (AvgIpc) is 2.28. The van der Waals surface area contributed by atoms with E-state index in [1.807, 2.05) is 11.8 Å². The van der Waals surface area contributed by atoms with E-state index in [1.165, 1.54) is 0 Å². The summed E-state index contributed by atoms with van der Waals surface area (Å²) in [5.41, 5.74) is 1.57. The molecule has 0 bridgehead atoms. The van der Waals surface area contributed by atoms with Gasteiger partial charge < -0.3 is 4.90 Å². The number of hydrogen-bond acceptors (Lipinski definition) is 2. The van der Waals surface area contributed by atoms with Crippen molar-refractivity contribution >= 4 is 17.4 Å². The first kappa shape index (κ1) is 13.8. The number of nitrogens with zero attached hydrogens (tertiary/aromatic N) is 1. The molecule has 92 valence electrons. The highest BCUT2D eigenvalue weighted by atomic mass is 35.5. The van der Waals surface area contributed by atoms with E-state index in [0.29, 0.717) is 17.1 Å². The Morgan fingerprint density at radius 3 is 2.71 bits per heavy atom. The van der Waals surface area contributed by atoms with Crippen molar-refractivity contribution in [2.75, 3.05) is 13.1 Å². The minimum Gasteiger partial charge on any atom is -0.368 e. The second kappa shape index (κ2) is 6.45. The van der Waals surface area contributed by atoms with Gasteiger partial charge in [-0.15, -0.1) is 0 Å². The Morgan fingerprint density at radius 2 is 2.18 bits per heavy atom. The third kappa shape index (κ3) is 4.23. The molecule has 0 aromatic heterocycles. The molecule has 0 spiro atoms. The summed E-state index contributed by atoms with van der Waals surface area (Å²) in [4.78, 5) is 14.0. The number of benzene rings is 1. The van der Waals surface area contributed by atoms with Crippen LogP contribution >= 0.6 is 11.6 Å². The number of hydrogen-bond donors (Lipinski definition) is 0. The third-order valence-corrected chi connectivity index (χ3v) is 2.75. The lowest BCUT2D eigenvalue weighted by molar-refractivity contribution is 0.0949. The van der Waals surface area contributed by atoms with E-state index in [-0.39, 0.29) is 5.78 Å². The Balaban J connectivity index is 2.73. The zero-order valence-electron chi connectivity index (χ0n) is 10.4. The number of halogens is 1. The normalized spacial score (nSPS) is 10.1. The van der Waals surface area contributed by atoms with Crippen LogP contribution in [-0.4, -0.2) is 23.8 Å². The number of carbonyl (C=O) groups excluding carboxylic acids is 1. The number of carbonyl (C=O) groups is 1. The molecule has 1 rings (SSSR count). The molecule has 2 nitrogen and oxygen atoms in total. The predicted octanol–water partition coefficient (Wildman–Crippen LogP) is 3.77. The lowest BCUT2D eigenvalue weighted by Gasteiger charge is -2.23. The molecule has 1 aromatic rings. The molecule has 1 aromatic carbocycles. The van der Waals surface area contributed by atoms with Crippen LogP contribution in [0.25, 0.3) is 0 Å². The summed E-state index contributed by atoms with van der Waals surface area (Å²) in [5.74, 6) is 0.0731. The number of allylic oxidation sites excluding steroid dienone is 1. The van der Waals surface area contributed by atoms with Crippen molar-refractivity contribution in [3.63, 3.8) is 0 Å². The topological polar surface area (TPSA) is 20.3 Å². The molecule has 0 radical (unpaired) electrons. The van der Waals surface area contributed by atoms with Crippen LogP contribution in [0.4, 0.5) is 0 Å². The van der Waals surface area contributed by atoms with E-state index in [4.69, 9.17) is 11.6 Å². The molecule has 0 heterocycles. The summed E-state index contributed by atoms with van der Waals surface area (Å²) >= 11 is 5.87. The number of Topliss-reactive ketones (excluding diaryl/α,β-unsaturated/α-hetero) is 1. The fourth-order valence-corrected chi connectivity index (χ4v) is 1.79. The van der Waals surface area contributed by atoms with Gasteiger partial charge in [0.1, 0.15) is 0 Å². The molecule has 0 aliphatic heterocycles. The summed E-state index contributed by atoms with van der Waals surface area (Å²) in [7, 11) is 0. The van der Waals surface area contributed by atoms with Crippen LogP contribution in [0, 0.1) is 0 Å². The zero-order valence-corrected chi connectivity index (χ0v) is 11.1. The van der Waals surface area contributed by atoms with Crippen LogP contribution in [0.15, 0.2) is 36.5 Å². The summed E-state index contributed by atoms with van der Waals surface area (Å²) < 4.78 is 0. The Bertz CT molecular complexity index is 414. The van der Waals surface area contributed by atoms with Crippen molar-refractivity contribution in [1.82, 2.24) is 4.90 Å². The first-order chi connectivity index (χ1) is 8.04. The van der Waals surface area contributed by atoms with Crippen molar-refractivity contribution in [3.8, 4) is 0 Å². The van der Waals surface area contributed by atoms with Gasteiger partial charge in [0.05, 0.1) is 6.54 Å². The smallest absolute Gasteiger partial charge is 0.182 e. The van der Waals surface area contributed by atoms with Gasteiger partial charge in [-0.05, 0) is 25.5 Å². The van der Waals surface area contributed by atoms with E-state index in [1.54, 1.807) is 24.3 Å². The molecule has 0 N–H and O–H groups in total. The minimum absolute atomic E-state index is 0.0731. The van der Waals surface area contributed by atoms with Crippen LogP contribution in [0.2, 0.25) is 5.02 Å². The van der Waals surface area contributed by atoms with Gasteiger partial charge in [0.15, 0.2) is 5.78 Å². The zero-order chi connectivity index (χ0) is 12.8. The van der Waals surface area contributed by atoms with Crippen molar-refractivity contribution in [2.24, 2.45) is 0 Å². The van der Waals surface area contributed by atoms with Crippen molar-refractivity contribution in [1.29, 1.82) is 0 Å². The molecule has 0 aliphatic carbocycles. The Kier molecular flexibility index (Phi) is 5.23. The highest BCUT2D eigenvalue weighted by Crippen LogP contribution is 2.12. The van der Waals surface area contributed by atoms with Crippen molar-refractivity contribution < 1.29 is 4.79 Å². The molecule has 0 unspecified atom stereocenters. The fraction of sp³-hybridized carbons (Fsp3) is 0.357. The number of ketones is 1. The summed E-state index contributed by atoms with van der Waals surface area (Å²) in [6, 6.07) is 7.05. The first-order valence-electron chi connectivity index (χ1n) is 5.73. The minimum atomic E-state index is 0.0731. The molecule has 0 saturated carbocycles. The maximum atomic E-state index is 12.0. The fourth-order valence-electron chi connectivity index (χ4n) is 1.60. The molecule has 3 heteroatoms. The second-order valence-electron chi connectivity index (χ2n) is 4.09. The van der Waals surface area contributed by atoms with Crippen LogP contribution in [0.3, 0.4) is 0 Å². The van der Waals surface area contributed by atoms with Crippen molar-refractivity contribution in [2.45, 2.75) is 20.3 Å². The Morgan fingerprint density at radius 1 is 1.47 bits per heavy atom. The van der Waals surface area contributed by atoms with E-state index in [9.17, 15) is 4.79 Å². The van der Waals surface area contributed by atoms with Gasteiger partial charge in [0.2, 0.25) is 0 Å². The molecule has 0 fully saturated rings. The van der Waals surface area contributed by atoms with Crippen LogP contribution in [0.5, 0.6) is 0 Å². The lowest BCUT2D eigenvalue weighted by Crippen LogP contribution is -2.28. The quantitative estimate of drug-likeness (QED) is 0.718. The maximum Gasteiger partial charge on any atom is 0.182 e. The average molecular weight is 252 g/mol. The second-order valence-corrected chi connectivity index (χ2v) is 4.53. The maximum absolute atomic E-state index is 12.0. The van der Waals surface area contributed by atoms with E-state index < -0.39 is 0 Å². The van der Waals surface area contributed by atoms with Gasteiger partial charge in [-0.1, -0.05) is 37.2 Å². The summed E-state index contributed by atoms with van der Waals surface area (Å²) in [5, 5.41) is 0.591. The number of rotatable bonds is 6. The van der Waals surface area contributed by atoms with Gasteiger partial charge >= 0.3 is 0 Å². The third-order valence-electron chi connectivity index (χ3n) is 2.51. The van der Waals surface area contributed by atoms with Gasteiger partial charge in [0, 0.05) is 22.8 Å². The first-order valence-corrected chi connectivity index (χ1v) is 6.11.